The van der Waals surface area contributed by atoms with Crippen LogP contribution in [0.15, 0.2) is 53.8 Å². The van der Waals surface area contributed by atoms with Crippen LogP contribution in [0.4, 0.5) is 0 Å². The summed E-state index contributed by atoms with van der Waals surface area (Å²) >= 11 is 0. The van der Waals surface area contributed by atoms with Gasteiger partial charge in [0.05, 0.1) is 6.61 Å². The molecule has 1 unspecified atom stereocenters. The molecule has 2 aliphatic rings. The fourth-order valence-electron chi connectivity index (χ4n) is 3.43. The fraction of sp³-hybridized carbons (Fsp3) is 0.474. The Morgan fingerprint density at radius 3 is 2.75 bits per heavy atom. The summed E-state index contributed by atoms with van der Waals surface area (Å²) in [5.41, 5.74) is 3.39. The van der Waals surface area contributed by atoms with Crippen molar-refractivity contribution in [1.29, 1.82) is 0 Å². The van der Waals surface area contributed by atoms with E-state index in [-0.39, 0.29) is 11.0 Å². The lowest BCUT2D eigenvalue weighted by Crippen LogP contribution is -2.50. The number of nitro groups is 1. The first-order valence-corrected chi connectivity index (χ1v) is 8.61. The highest BCUT2D eigenvalue weighted by atomic mass is 16.7. The summed E-state index contributed by atoms with van der Waals surface area (Å²) in [6, 6.07) is 8.82. The summed E-state index contributed by atoms with van der Waals surface area (Å²) in [7, 11) is 0. The third-order valence-electron chi connectivity index (χ3n) is 4.80. The van der Waals surface area contributed by atoms with Crippen LogP contribution in [0.2, 0.25) is 0 Å². The zero-order chi connectivity index (χ0) is 16.9. The Hall–Kier alpha value is -2.14. The maximum Gasteiger partial charge on any atom is 0.239 e. The lowest BCUT2D eigenvalue weighted by molar-refractivity contribution is -0.536. The van der Waals surface area contributed by atoms with Crippen molar-refractivity contribution in [1.82, 2.24) is 5.06 Å². The Balaban J connectivity index is 1.82. The molecule has 0 radical (unpaired) electrons. The first-order valence-electron chi connectivity index (χ1n) is 8.61. The van der Waals surface area contributed by atoms with E-state index in [0.29, 0.717) is 13.0 Å². The second-order valence-corrected chi connectivity index (χ2v) is 6.58. The molecular formula is C19H24N2O3. The molecular weight excluding hydrogens is 304 g/mol. The number of nitrogens with zero attached hydrogens (tertiary/aromatic N) is 2. The summed E-state index contributed by atoms with van der Waals surface area (Å²) in [6.45, 7) is 2.74. The van der Waals surface area contributed by atoms with Crippen molar-refractivity contribution < 1.29 is 9.76 Å². The Bertz CT molecular complexity index is 639. The molecule has 1 aromatic rings. The quantitative estimate of drug-likeness (QED) is 0.608. The van der Waals surface area contributed by atoms with Crippen molar-refractivity contribution in [3.63, 3.8) is 0 Å². The molecule has 1 saturated heterocycles. The molecule has 0 bridgehead atoms. The van der Waals surface area contributed by atoms with Gasteiger partial charge in [0.25, 0.3) is 0 Å². The SMILES string of the molecule is CC1=CC=C(N2OCCC[C@@H]2C(Cc2ccccc2)[N+](=O)[O-])CC1. The van der Waals surface area contributed by atoms with E-state index in [1.165, 1.54) is 5.57 Å². The lowest BCUT2D eigenvalue weighted by atomic mass is 9.94. The third kappa shape index (κ3) is 3.85. The van der Waals surface area contributed by atoms with Crippen LogP contribution in [-0.2, 0) is 11.3 Å². The van der Waals surface area contributed by atoms with E-state index in [9.17, 15) is 10.1 Å². The molecule has 0 N–H and O–H groups in total. The number of hydrogen-bond acceptors (Lipinski definition) is 4. The van der Waals surface area contributed by atoms with Gasteiger partial charge in [-0.1, -0.05) is 42.0 Å². The molecule has 0 aromatic heterocycles. The van der Waals surface area contributed by atoms with Crippen LogP contribution in [0, 0.1) is 10.1 Å². The Morgan fingerprint density at radius 1 is 1.29 bits per heavy atom. The van der Waals surface area contributed by atoms with Gasteiger partial charge in [0.2, 0.25) is 6.04 Å². The Morgan fingerprint density at radius 2 is 2.08 bits per heavy atom. The van der Waals surface area contributed by atoms with E-state index in [1.807, 2.05) is 35.4 Å². The van der Waals surface area contributed by atoms with Crippen LogP contribution < -0.4 is 0 Å². The molecule has 128 valence electrons. The Labute approximate surface area is 142 Å². The van der Waals surface area contributed by atoms with E-state index < -0.39 is 6.04 Å². The predicted molar refractivity (Wildman–Crippen MR) is 92.8 cm³/mol. The molecule has 0 saturated carbocycles. The molecule has 5 heteroatoms. The summed E-state index contributed by atoms with van der Waals surface area (Å²) in [6.07, 6.45) is 8.10. The molecule has 1 aromatic carbocycles. The molecule has 1 aliphatic heterocycles. The summed E-state index contributed by atoms with van der Waals surface area (Å²) < 4.78 is 0. The maximum absolute atomic E-state index is 11.8. The van der Waals surface area contributed by atoms with Crippen molar-refractivity contribution in [2.75, 3.05) is 6.61 Å². The highest BCUT2D eigenvalue weighted by molar-refractivity contribution is 5.22. The van der Waals surface area contributed by atoms with E-state index in [4.69, 9.17) is 4.84 Å². The standard InChI is InChI=1S/C19H24N2O3/c1-15-9-11-17(12-10-15)20-18(8-5-13-24-20)19(21(22)23)14-16-6-3-2-4-7-16/h2-4,6-7,9,11,18-19H,5,8,10,12-14H2,1H3/t18-,19?/m1/s1. The van der Waals surface area contributed by atoms with Gasteiger partial charge in [-0.25, -0.2) is 5.06 Å². The van der Waals surface area contributed by atoms with Gasteiger partial charge in [-0.2, -0.15) is 0 Å². The molecule has 1 fully saturated rings. The minimum Gasteiger partial charge on any atom is -0.273 e. The monoisotopic (exact) mass is 328 g/mol. The van der Waals surface area contributed by atoms with E-state index in [2.05, 4.69) is 19.1 Å². The van der Waals surface area contributed by atoms with Gasteiger partial charge in [-0.3, -0.25) is 15.0 Å². The minimum absolute atomic E-state index is 0.135. The second-order valence-electron chi connectivity index (χ2n) is 6.58. The van der Waals surface area contributed by atoms with Gasteiger partial charge < -0.3 is 0 Å². The number of benzene rings is 1. The van der Waals surface area contributed by atoms with Gasteiger partial charge in [0, 0.05) is 17.0 Å². The zero-order valence-electron chi connectivity index (χ0n) is 14.1. The average Bonchev–Trinajstić information content (AvgIpc) is 2.61. The van der Waals surface area contributed by atoms with Crippen LogP contribution in [0.1, 0.15) is 38.2 Å². The Kier molecular flexibility index (Phi) is 5.30. The lowest BCUT2D eigenvalue weighted by Gasteiger charge is -2.39. The largest absolute Gasteiger partial charge is 0.273 e. The number of hydrogen-bond donors (Lipinski definition) is 0. The summed E-state index contributed by atoms with van der Waals surface area (Å²) in [5.74, 6) is 0. The van der Waals surface area contributed by atoms with Crippen LogP contribution in [-0.4, -0.2) is 28.7 Å². The van der Waals surface area contributed by atoms with Gasteiger partial charge in [-0.05, 0) is 44.2 Å². The van der Waals surface area contributed by atoms with Crippen LogP contribution >= 0.6 is 0 Å². The van der Waals surface area contributed by atoms with Gasteiger partial charge >= 0.3 is 0 Å². The predicted octanol–water partition coefficient (Wildman–Crippen LogP) is 3.89. The smallest absolute Gasteiger partial charge is 0.239 e. The van der Waals surface area contributed by atoms with Crippen molar-refractivity contribution in [3.8, 4) is 0 Å². The van der Waals surface area contributed by atoms with E-state index in [0.717, 1.165) is 36.9 Å². The maximum atomic E-state index is 11.8. The zero-order valence-corrected chi connectivity index (χ0v) is 14.1. The first-order chi connectivity index (χ1) is 11.6. The van der Waals surface area contributed by atoms with Gasteiger partial charge in [0.15, 0.2) is 0 Å². The summed E-state index contributed by atoms with van der Waals surface area (Å²) in [4.78, 5) is 17.5. The molecule has 3 rings (SSSR count). The van der Waals surface area contributed by atoms with Crippen molar-refractivity contribution in [2.24, 2.45) is 0 Å². The van der Waals surface area contributed by atoms with Gasteiger partial charge in [-0.15, -0.1) is 0 Å². The number of allylic oxidation sites excluding steroid dienone is 4. The molecule has 0 amide bonds. The number of rotatable bonds is 5. The van der Waals surface area contributed by atoms with Crippen molar-refractivity contribution in [2.45, 2.75) is 51.1 Å². The van der Waals surface area contributed by atoms with Crippen LogP contribution in [0.5, 0.6) is 0 Å². The first kappa shape index (κ1) is 16.7. The van der Waals surface area contributed by atoms with E-state index in [1.54, 1.807) is 0 Å². The molecule has 5 nitrogen and oxygen atoms in total. The second kappa shape index (κ2) is 7.62. The van der Waals surface area contributed by atoms with E-state index >= 15 is 0 Å². The summed E-state index contributed by atoms with van der Waals surface area (Å²) in [5, 5.41) is 13.6. The molecule has 1 aliphatic carbocycles. The van der Waals surface area contributed by atoms with Crippen molar-refractivity contribution >= 4 is 0 Å². The van der Waals surface area contributed by atoms with Crippen molar-refractivity contribution in [3.05, 3.63) is 69.4 Å². The average molecular weight is 328 g/mol. The molecule has 1 heterocycles. The topological polar surface area (TPSA) is 55.6 Å². The highest BCUT2D eigenvalue weighted by Crippen LogP contribution is 2.30. The normalized spacial score (nSPS) is 22.5. The molecule has 24 heavy (non-hydrogen) atoms. The minimum atomic E-state index is -0.666. The highest BCUT2D eigenvalue weighted by Gasteiger charge is 2.39. The molecule has 0 spiro atoms. The van der Waals surface area contributed by atoms with Crippen LogP contribution in [0.25, 0.3) is 0 Å². The number of hydroxylamine groups is 2. The van der Waals surface area contributed by atoms with Gasteiger partial charge in [0.1, 0.15) is 6.04 Å². The fourth-order valence-corrected chi connectivity index (χ4v) is 3.43. The third-order valence-corrected chi connectivity index (χ3v) is 4.80. The molecule has 2 atom stereocenters. The van der Waals surface area contributed by atoms with Crippen LogP contribution in [0.3, 0.4) is 0 Å².